The van der Waals surface area contributed by atoms with E-state index in [1.165, 1.54) is 18.5 Å². The fraction of sp³-hybridized carbons (Fsp3) is 0.500. The maximum Gasteiger partial charge on any atom is 0.0781 e. The number of aliphatic hydroxyl groups excluding tert-OH is 1. The van der Waals surface area contributed by atoms with Gasteiger partial charge in [0.2, 0.25) is 0 Å². The minimum atomic E-state index is -0.382. The Bertz CT molecular complexity index is 318. The molecule has 1 aliphatic rings. The Hall–Kier alpha value is -1.02. The van der Waals surface area contributed by atoms with Gasteiger partial charge in [0.15, 0.2) is 0 Å². The molecule has 1 aromatic rings. The maximum atomic E-state index is 9.63. The molecule has 14 heavy (non-hydrogen) atoms. The number of rotatable bonds is 3. The molecule has 0 aromatic heterocycles. The fourth-order valence-electron chi connectivity index (χ4n) is 1.82. The molecule has 0 heterocycles. The van der Waals surface area contributed by atoms with Gasteiger partial charge >= 0.3 is 0 Å². The van der Waals surface area contributed by atoms with Crippen LogP contribution in [0.25, 0.3) is 0 Å². The van der Waals surface area contributed by atoms with E-state index in [4.69, 9.17) is 0 Å². The molecule has 1 saturated carbocycles. The van der Waals surface area contributed by atoms with Crippen LogP contribution in [0.15, 0.2) is 24.3 Å². The summed E-state index contributed by atoms with van der Waals surface area (Å²) < 4.78 is 0. The lowest BCUT2D eigenvalue weighted by atomic mass is 10.1. The number of anilines is 1. The molecule has 0 spiro atoms. The quantitative estimate of drug-likeness (QED) is 0.792. The second-order valence-electron chi connectivity index (χ2n) is 4.08. The molecule has 76 valence electrons. The van der Waals surface area contributed by atoms with Crippen LogP contribution >= 0.6 is 0 Å². The first kappa shape index (κ1) is 9.53. The fourth-order valence-corrected chi connectivity index (χ4v) is 1.82. The van der Waals surface area contributed by atoms with Crippen molar-refractivity contribution in [2.24, 2.45) is 0 Å². The molecule has 2 heteroatoms. The lowest BCUT2D eigenvalue weighted by molar-refractivity contribution is 0.199. The summed E-state index contributed by atoms with van der Waals surface area (Å²) in [4.78, 5) is 2.28. The monoisotopic (exact) mass is 191 g/mol. The Balaban J connectivity index is 2.30. The molecule has 0 aliphatic heterocycles. The van der Waals surface area contributed by atoms with Crippen molar-refractivity contribution in [3.8, 4) is 0 Å². The lowest BCUT2D eigenvalue weighted by Gasteiger charge is -2.23. The van der Waals surface area contributed by atoms with Gasteiger partial charge in [-0.3, -0.25) is 0 Å². The third-order valence-electron chi connectivity index (χ3n) is 2.86. The number of para-hydroxylation sites is 1. The van der Waals surface area contributed by atoms with Crippen molar-refractivity contribution >= 4 is 5.69 Å². The van der Waals surface area contributed by atoms with E-state index in [-0.39, 0.29) is 6.10 Å². The van der Waals surface area contributed by atoms with E-state index >= 15 is 0 Å². The van der Waals surface area contributed by atoms with E-state index in [0.29, 0.717) is 6.04 Å². The predicted molar refractivity (Wildman–Crippen MR) is 58.5 cm³/mol. The van der Waals surface area contributed by atoms with Gasteiger partial charge in [0, 0.05) is 24.3 Å². The highest BCUT2D eigenvalue weighted by atomic mass is 16.3. The van der Waals surface area contributed by atoms with E-state index in [0.717, 1.165) is 5.56 Å². The molecule has 0 bridgehead atoms. The summed E-state index contributed by atoms with van der Waals surface area (Å²) in [6.07, 6.45) is 2.18. The van der Waals surface area contributed by atoms with Crippen LogP contribution in [0.1, 0.15) is 31.4 Å². The van der Waals surface area contributed by atoms with Crippen molar-refractivity contribution in [2.75, 3.05) is 11.9 Å². The molecule has 0 radical (unpaired) electrons. The first-order valence-corrected chi connectivity index (χ1v) is 5.20. The number of aliphatic hydroxyl groups is 1. The van der Waals surface area contributed by atoms with Gasteiger partial charge in [-0.1, -0.05) is 18.2 Å². The van der Waals surface area contributed by atoms with Crippen LogP contribution in [0.3, 0.4) is 0 Å². The lowest BCUT2D eigenvalue weighted by Crippen LogP contribution is -2.21. The second-order valence-corrected chi connectivity index (χ2v) is 4.08. The zero-order chi connectivity index (χ0) is 10.1. The molecule has 0 unspecified atom stereocenters. The summed E-state index contributed by atoms with van der Waals surface area (Å²) in [6, 6.07) is 8.78. The number of benzene rings is 1. The largest absolute Gasteiger partial charge is 0.389 e. The molecule has 1 aliphatic carbocycles. The average molecular weight is 191 g/mol. The molecule has 2 nitrogen and oxygen atoms in total. The average Bonchev–Trinajstić information content (AvgIpc) is 3.00. The number of hydrogen-bond donors (Lipinski definition) is 1. The summed E-state index contributed by atoms with van der Waals surface area (Å²) in [5, 5.41) is 9.63. The summed E-state index contributed by atoms with van der Waals surface area (Å²) in [7, 11) is 2.11. The smallest absolute Gasteiger partial charge is 0.0781 e. The summed E-state index contributed by atoms with van der Waals surface area (Å²) >= 11 is 0. The molecule has 1 aromatic carbocycles. The summed E-state index contributed by atoms with van der Waals surface area (Å²) in [6.45, 7) is 1.82. The highest BCUT2D eigenvalue weighted by Gasteiger charge is 2.27. The molecular weight excluding hydrogens is 174 g/mol. The highest BCUT2D eigenvalue weighted by Crippen LogP contribution is 2.33. The van der Waals surface area contributed by atoms with Crippen LogP contribution in [-0.4, -0.2) is 18.2 Å². The van der Waals surface area contributed by atoms with Gasteiger partial charge < -0.3 is 10.0 Å². The van der Waals surface area contributed by atoms with Crippen LogP contribution in [0.5, 0.6) is 0 Å². The van der Waals surface area contributed by atoms with Gasteiger partial charge in [0.05, 0.1) is 6.10 Å². The van der Waals surface area contributed by atoms with Crippen molar-refractivity contribution in [1.82, 2.24) is 0 Å². The van der Waals surface area contributed by atoms with Gasteiger partial charge in [-0.15, -0.1) is 0 Å². The number of nitrogens with zero attached hydrogens (tertiary/aromatic N) is 1. The zero-order valence-electron chi connectivity index (χ0n) is 8.77. The van der Waals surface area contributed by atoms with E-state index in [1.807, 2.05) is 25.1 Å². The molecule has 0 saturated heterocycles. The van der Waals surface area contributed by atoms with Gasteiger partial charge in [0.25, 0.3) is 0 Å². The van der Waals surface area contributed by atoms with Crippen molar-refractivity contribution in [3.05, 3.63) is 29.8 Å². The Morgan fingerprint density at radius 1 is 1.36 bits per heavy atom. The van der Waals surface area contributed by atoms with Crippen LogP contribution in [-0.2, 0) is 0 Å². The Kier molecular flexibility index (Phi) is 2.46. The van der Waals surface area contributed by atoms with Crippen molar-refractivity contribution in [2.45, 2.75) is 31.9 Å². The summed E-state index contributed by atoms with van der Waals surface area (Å²) in [5.41, 5.74) is 2.20. The first-order valence-electron chi connectivity index (χ1n) is 5.20. The Morgan fingerprint density at radius 3 is 2.57 bits per heavy atom. The molecule has 1 fully saturated rings. The van der Waals surface area contributed by atoms with Gasteiger partial charge in [-0.2, -0.15) is 0 Å². The van der Waals surface area contributed by atoms with Crippen LogP contribution in [0, 0.1) is 0 Å². The Morgan fingerprint density at radius 2 is 2.00 bits per heavy atom. The van der Waals surface area contributed by atoms with Gasteiger partial charge in [-0.05, 0) is 25.8 Å². The van der Waals surface area contributed by atoms with Crippen molar-refractivity contribution < 1.29 is 5.11 Å². The van der Waals surface area contributed by atoms with E-state index in [1.54, 1.807) is 0 Å². The number of hydrogen-bond acceptors (Lipinski definition) is 2. The Labute approximate surface area is 85.2 Å². The standard InChI is InChI=1S/C12H17NO/c1-9(14)11-5-3-4-6-12(11)13(2)10-7-8-10/h3-6,9-10,14H,7-8H2,1-2H3/t9-/m1/s1. The normalized spacial score (nSPS) is 17.9. The highest BCUT2D eigenvalue weighted by molar-refractivity contribution is 5.55. The third kappa shape index (κ3) is 1.75. The minimum absolute atomic E-state index is 0.382. The molecular formula is C12H17NO. The van der Waals surface area contributed by atoms with Gasteiger partial charge in [-0.25, -0.2) is 0 Å². The van der Waals surface area contributed by atoms with E-state index in [2.05, 4.69) is 18.0 Å². The third-order valence-corrected chi connectivity index (χ3v) is 2.86. The maximum absolute atomic E-state index is 9.63. The minimum Gasteiger partial charge on any atom is -0.389 e. The van der Waals surface area contributed by atoms with Crippen LogP contribution < -0.4 is 4.90 Å². The second kappa shape index (κ2) is 3.62. The van der Waals surface area contributed by atoms with E-state index in [9.17, 15) is 5.11 Å². The van der Waals surface area contributed by atoms with Crippen molar-refractivity contribution in [3.63, 3.8) is 0 Å². The molecule has 2 rings (SSSR count). The predicted octanol–water partition coefficient (Wildman–Crippen LogP) is 2.34. The van der Waals surface area contributed by atoms with Crippen molar-refractivity contribution in [1.29, 1.82) is 0 Å². The van der Waals surface area contributed by atoms with Crippen LogP contribution in [0.2, 0.25) is 0 Å². The van der Waals surface area contributed by atoms with Gasteiger partial charge in [0.1, 0.15) is 0 Å². The zero-order valence-corrected chi connectivity index (χ0v) is 8.77. The topological polar surface area (TPSA) is 23.5 Å². The van der Waals surface area contributed by atoms with Crippen LogP contribution in [0.4, 0.5) is 5.69 Å². The van der Waals surface area contributed by atoms with E-state index < -0.39 is 0 Å². The first-order chi connectivity index (χ1) is 6.70. The molecule has 1 atom stereocenters. The molecule has 0 amide bonds. The molecule has 1 N–H and O–H groups in total. The summed E-state index contributed by atoms with van der Waals surface area (Å²) in [5.74, 6) is 0. The SMILES string of the molecule is C[C@@H](O)c1ccccc1N(C)C1CC1.